The van der Waals surface area contributed by atoms with Crippen LogP contribution in [-0.4, -0.2) is 40.7 Å². The Balaban J connectivity index is 1.53. The van der Waals surface area contributed by atoms with Gasteiger partial charge in [-0.3, -0.25) is 0 Å². The highest BCUT2D eigenvalue weighted by Gasteiger charge is 2.29. The van der Waals surface area contributed by atoms with Crippen LogP contribution in [0, 0.1) is 0 Å². The zero-order valence-electron chi connectivity index (χ0n) is 16.5. The number of hydrogen-bond acceptors (Lipinski definition) is 5. The molecule has 3 rings (SSSR count). The van der Waals surface area contributed by atoms with Crippen molar-refractivity contribution in [2.75, 3.05) is 19.0 Å². The summed E-state index contributed by atoms with van der Waals surface area (Å²) in [6, 6.07) is 11.3. The molecule has 0 radical (unpaired) electrons. The van der Waals surface area contributed by atoms with Gasteiger partial charge in [0.05, 0.1) is 13.7 Å². The molecule has 1 aromatic heterocycles. The molecule has 11 heteroatoms. The molecule has 2 N–H and O–H groups in total. The van der Waals surface area contributed by atoms with Crippen LogP contribution in [0.5, 0.6) is 11.5 Å². The van der Waals surface area contributed by atoms with Crippen LogP contribution in [0.25, 0.3) is 0 Å². The van der Waals surface area contributed by atoms with E-state index in [1.807, 2.05) is 24.3 Å². The molecule has 3 aromatic rings. The second-order valence-corrected chi connectivity index (χ2v) is 6.49. The molecule has 164 valence electrons. The third kappa shape index (κ3) is 6.91. The zero-order valence-corrected chi connectivity index (χ0v) is 16.5. The highest BCUT2D eigenvalue weighted by atomic mass is 19.4. The third-order valence-corrected chi connectivity index (χ3v) is 4.10. The number of anilines is 1. The molecule has 0 atom stereocenters. The molecule has 0 saturated heterocycles. The summed E-state index contributed by atoms with van der Waals surface area (Å²) in [5, 5.41) is 9.29. The molecule has 2 aromatic carbocycles. The van der Waals surface area contributed by atoms with E-state index in [1.54, 1.807) is 11.0 Å². The molecule has 0 spiro atoms. The van der Waals surface area contributed by atoms with Crippen molar-refractivity contribution in [3.63, 3.8) is 0 Å². The van der Waals surface area contributed by atoms with Crippen molar-refractivity contribution < 1.29 is 27.4 Å². The molecule has 31 heavy (non-hydrogen) atoms. The molecular formula is C20H20F3N5O3. The van der Waals surface area contributed by atoms with Crippen LogP contribution in [0.4, 0.5) is 23.7 Å². The topological polar surface area (TPSA) is 90.3 Å². The molecule has 0 bridgehead atoms. The molecule has 0 fully saturated rings. The maximum absolute atomic E-state index is 12.4. The first-order valence-corrected chi connectivity index (χ1v) is 9.15. The number of nitrogens with zero attached hydrogens (tertiary/aromatic N) is 3. The maximum Gasteiger partial charge on any atom is 0.422 e. The van der Waals surface area contributed by atoms with E-state index in [0.29, 0.717) is 6.54 Å². The molecule has 0 aliphatic heterocycles. The first-order valence-electron chi connectivity index (χ1n) is 9.15. The average molecular weight is 435 g/mol. The van der Waals surface area contributed by atoms with Crippen molar-refractivity contribution in [3.8, 4) is 11.5 Å². The third-order valence-electron chi connectivity index (χ3n) is 4.10. The number of benzene rings is 2. The number of urea groups is 1. The van der Waals surface area contributed by atoms with Gasteiger partial charge < -0.3 is 20.1 Å². The van der Waals surface area contributed by atoms with Gasteiger partial charge in [-0.1, -0.05) is 24.3 Å². The van der Waals surface area contributed by atoms with E-state index >= 15 is 0 Å². The maximum atomic E-state index is 12.4. The number of carbonyl (C=O) groups is 1. The molecule has 1 heterocycles. The standard InChI is InChI=1S/C20H20F3N5O3/c1-30-17-7-6-16(8-18(17)31-11-20(21,22)23)27-19(29)25-9-14-2-4-15(5-3-14)10-28-13-24-12-26-28/h2-8,12-13H,9-11H2,1H3,(H2,25,27,29). The van der Waals surface area contributed by atoms with E-state index < -0.39 is 18.8 Å². The molecule has 2 amide bonds. The minimum atomic E-state index is -4.49. The summed E-state index contributed by atoms with van der Waals surface area (Å²) >= 11 is 0. The molecule has 0 saturated carbocycles. The van der Waals surface area contributed by atoms with Crippen LogP contribution in [0.3, 0.4) is 0 Å². The SMILES string of the molecule is COc1ccc(NC(=O)NCc2ccc(Cn3cncn3)cc2)cc1OCC(F)(F)F. The van der Waals surface area contributed by atoms with E-state index in [1.165, 1.54) is 31.6 Å². The van der Waals surface area contributed by atoms with Crippen LogP contribution < -0.4 is 20.1 Å². The number of nitrogens with one attached hydrogen (secondary N) is 2. The molecule has 0 aliphatic rings. The number of hydrogen-bond donors (Lipinski definition) is 2. The van der Waals surface area contributed by atoms with Gasteiger partial charge in [-0.25, -0.2) is 14.5 Å². The molecular weight excluding hydrogens is 415 g/mol. The van der Waals surface area contributed by atoms with Gasteiger partial charge >= 0.3 is 12.2 Å². The van der Waals surface area contributed by atoms with E-state index in [4.69, 9.17) is 9.47 Å². The van der Waals surface area contributed by atoms with Gasteiger partial charge in [0.1, 0.15) is 12.7 Å². The Morgan fingerprint density at radius 2 is 1.84 bits per heavy atom. The van der Waals surface area contributed by atoms with Crippen molar-refractivity contribution >= 4 is 11.7 Å². The lowest BCUT2D eigenvalue weighted by Gasteiger charge is -2.14. The Bertz CT molecular complexity index is 992. The fourth-order valence-electron chi connectivity index (χ4n) is 2.65. The van der Waals surface area contributed by atoms with Crippen LogP contribution in [0.1, 0.15) is 11.1 Å². The van der Waals surface area contributed by atoms with E-state index in [0.717, 1.165) is 11.1 Å². The van der Waals surface area contributed by atoms with E-state index in [9.17, 15) is 18.0 Å². The predicted octanol–water partition coefficient (Wildman–Crippen LogP) is 3.60. The minimum absolute atomic E-state index is 0.124. The minimum Gasteiger partial charge on any atom is -0.493 e. The van der Waals surface area contributed by atoms with Gasteiger partial charge in [0.2, 0.25) is 0 Å². The van der Waals surface area contributed by atoms with Crippen LogP contribution >= 0.6 is 0 Å². The number of halogens is 3. The number of alkyl halides is 3. The largest absolute Gasteiger partial charge is 0.493 e. The Morgan fingerprint density at radius 1 is 1.10 bits per heavy atom. The molecule has 0 aliphatic carbocycles. The van der Waals surface area contributed by atoms with Crippen LogP contribution in [-0.2, 0) is 13.1 Å². The van der Waals surface area contributed by atoms with Crippen LogP contribution in [0.2, 0.25) is 0 Å². The quantitative estimate of drug-likeness (QED) is 0.564. The summed E-state index contributed by atoms with van der Waals surface area (Å²) in [7, 11) is 1.31. The number of methoxy groups -OCH3 is 1. The van der Waals surface area contributed by atoms with Gasteiger partial charge in [-0.15, -0.1) is 0 Å². The Labute approximate surface area is 176 Å². The van der Waals surface area contributed by atoms with Crippen molar-refractivity contribution in [2.45, 2.75) is 19.3 Å². The molecule has 0 unspecified atom stereocenters. The fraction of sp³-hybridized carbons (Fsp3) is 0.250. The van der Waals surface area contributed by atoms with E-state index in [2.05, 4.69) is 20.7 Å². The number of carbonyl (C=O) groups excluding carboxylic acids is 1. The summed E-state index contributed by atoms with van der Waals surface area (Å²) in [5.41, 5.74) is 2.17. The Morgan fingerprint density at radius 3 is 2.48 bits per heavy atom. The van der Waals surface area contributed by atoms with Crippen LogP contribution in [0.15, 0.2) is 55.1 Å². The van der Waals surface area contributed by atoms with Crippen molar-refractivity contribution in [1.82, 2.24) is 20.1 Å². The summed E-state index contributed by atoms with van der Waals surface area (Å²) in [5.74, 6) is 0.00165. The second kappa shape index (κ2) is 9.83. The Hall–Kier alpha value is -3.76. The highest BCUT2D eigenvalue weighted by Crippen LogP contribution is 2.31. The van der Waals surface area contributed by atoms with Gasteiger partial charge in [-0.2, -0.15) is 18.3 Å². The van der Waals surface area contributed by atoms with Crippen molar-refractivity contribution in [3.05, 3.63) is 66.2 Å². The first-order chi connectivity index (χ1) is 14.8. The summed E-state index contributed by atoms with van der Waals surface area (Å²) < 4.78 is 48.7. The number of ether oxygens (including phenoxy) is 2. The summed E-state index contributed by atoms with van der Waals surface area (Å²) in [6.45, 7) is -0.612. The lowest BCUT2D eigenvalue weighted by Crippen LogP contribution is -2.28. The Kier molecular flexibility index (Phi) is 6.96. The monoisotopic (exact) mass is 435 g/mol. The fourth-order valence-corrected chi connectivity index (χ4v) is 2.65. The van der Waals surface area contributed by atoms with Gasteiger partial charge in [-0.05, 0) is 23.3 Å². The lowest BCUT2D eigenvalue weighted by molar-refractivity contribution is -0.153. The van der Waals surface area contributed by atoms with Gasteiger partial charge in [0.15, 0.2) is 18.1 Å². The number of aromatic nitrogens is 3. The number of rotatable bonds is 8. The molecule has 8 nitrogen and oxygen atoms in total. The summed E-state index contributed by atoms with van der Waals surface area (Å²) in [4.78, 5) is 16.0. The van der Waals surface area contributed by atoms with Gasteiger partial charge in [0.25, 0.3) is 0 Å². The second-order valence-electron chi connectivity index (χ2n) is 6.49. The zero-order chi connectivity index (χ0) is 22.3. The predicted molar refractivity (Wildman–Crippen MR) is 106 cm³/mol. The van der Waals surface area contributed by atoms with E-state index in [-0.39, 0.29) is 23.7 Å². The van der Waals surface area contributed by atoms with Crippen molar-refractivity contribution in [2.24, 2.45) is 0 Å². The smallest absolute Gasteiger partial charge is 0.422 e. The van der Waals surface area contributed by atoms with Crippen molar-refractivity contribution in [1.29, 1.82) is 0 Å². The highest BCUT2D eigenvalue weighted by molar-refractivity contribution is 5.89. The average Bonchev–Trinajstić information content (AvgIpc) is 3.24. The first kappa shape index (κ1) is 21.9. The lowest BCUT2D eigenvalue weighted by atomic mass is 10.1. The summed E-state index contributed by atoms with van der Waals surface area (Å²) in [6.07, 6.45) is -1.40. The number of amides is 2. The van der Waals surface area contributed by atoms with Gasteiger partial charge in [0, 0.05) is 18.3 Å². The normalized spacial score (nSPS) is 11.1.